The van der Waals surface area contributed by atoms with E-state index in [1.807, 2.05) is 22.6 Å². The largest absolute Gasteiger partial charge is 0.396 e. The van der Waals surface area contributed by atoms with Crippen LogP contribution in [0.1, 0.15) is 47.9 Å². The fourth-order valence-corrected chi connectivity index (χ4v) is 6.83. The molecule has 21 heteroatoms. The summed E-state index contributed by atoms with van der Waals surface area (Å²) in [5, 5.41) is 33.5. The molecule has 0 fully saturated rings. The number of halogens is 10. The number of nitrogens with one attached hydrogen (secondary N) is 4. The van der Waals surface area contributed by atoms with E-state index in [1.54, 1.807) is 43.3 Å². The lowest BCUT2D eigenvalue weighted by atomic mass is 10.0. The Balaban J connectivity index is 0.000000301. The SMILES string of the molecule is CC(C)(ONC(=O)c1cc(Br)c(F)c(F)c1Nc1ccc(I)cc1Cl)C(O)CO.CC(CCO)ONC(=O)c1cc(Br)c(F)c(F)c1Nc1ccc(I)cc1Cl. The molecule has 7 N–H and O–H groups in total. The number of anilines is 4. The summed E-state index contributed by atoms with van der Waals surface area (Å²) >= 11 is 22.1. The molecule has 0 saturated heterocycles. The first-order valence-corrected chi connectivity index (χ1v) is 20.3. The van der Waals surface area contributed by atoms with Crippen LogP contribution < -0.4 is 21.6 Å². The second-order valence-corrected chi connectivity index (χ2v) is 17.0. The zero-order valence-electron chi connectivity index (χ0n) is 29.1. The first kappa shape index (κ1) is 48.3. The van der Waals surface area contributed by atoms with Crippen molar-refractivity contribution in [3.05, 3.63) is 109 Å². The Hall–Kier alpha value is -2.06. The predicted molar refractivity (Wildman–Crippen MR) is 228 cm³/mol. The fraction of sp³-hybridized carbons (Fsp3) is 0.257. The minimum absolute atomic E-state index is 0.119. The van der Waals surface area contributed by atoms with Crippen molar-refractivity contribution in [3.8, 4) is 0 Å². The minimum Gasteiger partial charge on any atom is -0.396 e. The van der Waals surface area contributed by atoms with Crippen LogP contribution >= 0.6 is 100 Å². The number of aliphatic hydroxyl groups is 3. The molecule has 0 aliphatic heterocycles. The van der Waals surface area contributed by atoms with Gasteiger partial charge >= 0.3 is 0 Å². The van der Waals surface area contributed by atoms with Gasteiger partial charge in [0.05, 0.1) is 65.6 Å². The topological polar surface area (TPSA) is 161 Å². The maximum Gasteiger partial charge on any atom is 0.277 e. The molecule has 2 amide bonds. The lowest BCUT2D eigenvalue weighted by molar-refractivity contribution is -0.144. The van der Waals surface area contributed by atoms with Gasteiger partial charge in [-0.25, -0.2) is 28.5 Å². The molecule has 4 aromatic rings. The Kier molecular flexibility index (Phi) is 18.8. The summed E-state index contributed by atoms with van der Waals surface area (Å²) in [5.74, 6) is -6.58. The number of hydrogen-bond acceptors (Lipinski definition) is 9. The smallest absolute Gasteiger partial charge is 0.277 e. The van der Waals surface area contributed by atoms with E-state index in [-0.39, 0.29) is 48.1 Å². The highest BCUT2D eigenvalue weighted by Gasteiger charge is 2.31. The first-order valence-electron chi connectivity index (χ1n) is 15.9. The number of hydrogen-bond donors (Lipinski definition) is 7. The van der Waals surface area contributed by atoms with Gasteiger partial charge in [0, 0.05) is 13.7 Å². The van der Waals surface area contributed by atoms with Gasteiger partial charge in [-0.05, 0) is 153 Å². The molecule has 11 nitrogen and oxygen atoms in total. The minimum atomic E-state index is -1.34. The van der Waals surface area contributed by atoms with Crippen molar-refractivity contribution in [1.82, 2.24) is 11.0 Å². The predicted octanol–water partition coefficient (Wildman–Crippen LogP) is 9.68. The lowest BCUT2D eigenvalue weighted by Crippen LogP contribution is -2.46. The lowest BCUT2D eigenvalue weighted by Gasteiger charge is -2.28. The molecular formula is C35H32Br2Cl2F4I2N4O7. The van der Waals surface area contributed by atoms with E-state index >= 15 is 0 Å². The van der Waals surface area contributed by atoms with Gasteiger partial charge in [-0.2, -0.15) is 0 Å². The van der Waals surface area contributed by atoms with Gasteiger partial charge in [0.25, 0.3) is 11.8 Å². The summed E-state index contributed by atoms with van der Waals surface area (Å²) in [6.07, 6.45) is -1.46. The Morgan fingerprint density at radius 1 is 0.786 bits per heavy atom. The van der Waals surface area contributed by atoms with Crippen LogP contribution in [-0.4, -0.2) is 58.2 Å². The highest BCUT2D eigenvalue weighted by molar-refractivity contribution is 14.1. The zero-order valence-corrected chi connectivity index (χ0v) is 38.1. The molecule has 0 heterocycles. The highest BCUT2D eigenvalue weighted by atomic mass is 127. The summed E-state index contributed by atoms with van der Waals surface area (Å²) in [6.45, 7) is 3.78. The Labute approximate surface area is 372 Å². The van der Waals surface area contributed by atoms with Crippen LogP contribution in [-0.2, 0) is 9.68 Å². The van der Waals surface area contributed by atoms with Crippen LogP contribution in [0, 0.1) is 30.4 Å². The number of carbonyl (C=O) groups excluding carboxylic acids is 2. The Morgan fingerprint density at radius 2 is 1.21 bits per heavy atom. The Morgan fingerprint density at radius 3 is 1.61 bits per heavy atom. The van der Waals surface area contributed by atoms with Gasteiger partial charge in [-0.15, -0.1) is 0 Å². The summed E-state index contributed by atoms with van der Waals surface area (Å²) in [4.78, 5) is 35.3. The quantitative estimate of drug-likeness (QED) is 0.0282. The summed E-state index contributed by atoms with van der Waals surface area (Å²) in [7, 11) is 0. The van der Waals surface area contributed by atoms with Crippen molar-refractivity contribution in [2.75, 3.05) is 23.8 Å². The number of carbonyl (C=O) groups is 2. The number of rotatable bonds is 14. The van der Waals surface area contributed by atoms with Crippen LogP contribution in [0.15, 0.2) is 57.5 Å². The summed E-state index contributed by atoms with van der Waals surface area (Å²) < 4.78 is 58.5. The van der Waals surface area contributed by atoms with E-state index in [1.165, 1.54) is 13.8 Å². The monoisotopic (exact) mass is 1180 g/mol. The zero-order chi connectivity index (χ0) is 42.1. The van der Waals surface area contributed by atoms with Crippen molar-refractivity contribution < 1.29 is 52.1 Å². The second kappa shape index (κ2) is 21.8. The van der Waals surface area contributed by atoms with Gasteiger partial charge < -0.3 is 26.0 Å². The fourth-order valence-electron chi connectivity index (χ4n) is 4.21. The van der Waals surface area contributed by atoms with E-state index in [4.69, 9.17) is 43.1 Å². The molecule has 2 unspecified atom stereocenters. The van der Waals surface area contributed by atoms with Crippen molar-refractivity contribution >= 4 is 135 Å². The molecule has 56 heavy (non-hydrogen) atoms. The molecule has 0 bridgehead atoms. The maximum absolute atomic E-state index is 14.6. The van der Waals surface area contributed by atoms with Crippen molar-refractivity contribution in [2.24, 2.45) is 0 Å². The third kappa shape index (κ3) is 13.0. The van der Waals surface area contributed by atoms with Crippen molar-refractivity contribution in [2.45, 2.75) is 45.0 Å². The van der Waals surface area contributed by atoms with Crippen LogP contribution in [0.5, 0.6) is 0 Å². The molecule has 0 aliphatic carbocycles. The van der Waals surface area contributed by atoms with Gasteiger partial charge in [0.1, 0.15) is 11.7 Å². The van der Waals surface area contributed by atoms with Crippen LogP contribution in [0.4, 0.5) is 40.3 Å². The molecule has 4 aromatic carbocycles. The molecule has 0 radical (unpaired) electrons. The van der Waals surface area contributed by atoms with Crippen molar-refractivity contribution in [3.63, 3.8) is 0 Å². The summed E-state index contributed by atoms with van der Waals surface area (Å²) in [5.41, 5.74) is 2.19. The van der Waals surface area contributed by atoms with Crippen molar-refractivity contribution in [1.29, 1.82) is 0 Å². The van der Waals surface area contributed by atoms with Gasteiger partial charge in [0.2, 0.25) is 0 Å². The Bertz CT molecular complexity index is 2080. The van der Waals surface area contributed by atoms with Crippen LogP contribution in [0.25, 0.3) is 0 Å². The van der Waals surface area contributed by atoms with E-state index in [0.717, 1.165) is 19.3 Å². The van der Waals surface area contributed by atoms with Crippen LogP contribution in [0.3, 0.4) is 0 Å². The second-order valence-electron chi connectivity index (χ2n) is 12.0. The van der Waals surface area contributed by atoms with Gasteiger partial charge in [-0.1, -0.05) is 23.2 Å². The van der Waals surface area contributed by atoms with Gasteiger partial charge in [0.15, 0.2) is 23.3 Å². The number of aliphatic hydroxyl groups excluding tert-OH is 3. The molecule has 4 rings (SSSR count). The van der Waals surface area contributed by atoms with E-state index < -0.39 is 65.2 Å². The standard InChI is InChI=1S/C18H17BrClF2IN2O4.C17H15BrClF2IN2O3/c1-18(2,13(27)7-26)29-25-17(28)9-6-10(19)14(21)15(22)16(9)24-12-4-3-8(23)5-11(12)20;1-8(4-5-25)27-24-17(26)10-7-11(18)14(20)15(21)16(10)23-13-3-2-9(22)6-12(13)19/h3-6,13,24,26-27H,7H2,1-2H3,(H,25,28);2-3,6-8,23,25H,4-5H2,1H3,(H,24,26). The molecule has 0 saturated carbocycles. The maximum atomic E-state index is 14.6. The third-order valence-electron chi connectivity index (χ3n) is 7.47. The molecular weight excluding hydrogens is 1150 g/mol. The molecule has 0 aliphatic rings. The first-order chi connectivity index (χ1) is 26.2. The molecule has 0 aromatic heterocycles. The normalized spacial score (nSPS) is 12.3. The highest BCUT2D eigenvalue weighted by Crippen LogP contribution is 2.36. The molecule has 2 atom stereocenters. The number of hydroxylamine groups is 2. The number of benzene rings is 4. The average Bonchev–Trinajstić information content (AvgIpc) is 3.14. The van der Waals surface area contributed by atoms with Crippen LogP contribution in [0.2, 0.25) is 10.0 Å². The third-order valence-corrected chi connectivity index (χ3v) is 10.6. The molecule has 0 spiro atoms. The van der Waals surface area contributed by atoms with E-state index in [0.29, 0.717) is 12.1 Å². The number of amides is 2. The summed E-state index contributed by atoms with van der Waals surface area (Å²) in [6, 6.07) is 12.0. The van der Waals surface area contributed by atoms with Gasteiger partial charge in [-0.3, -0.25) is 19.3 Å². The average molecular weight is 1180 g/mol. The van der Waals surface area contributed by atoms with E-state index in [9.17, 15) is 32.3 Å². The van der Waals surface area contributed by atoms with E-state index in [2.05, 4.69) is 76.0 Å². The molecule has 304 valence electrons.